The number of nitrogens with one attached hydrogen (secondary N) is 1. The molecule has 2 N–H and O–H groups in total. The van der Waals surface area contributed by atoms with Gasteiger partial charge in [-0.15, -0.1) is 0 Å². The molecule has 3 rings (SSSR count). The quantitative estimate of drug-likeness (QED) is 0.783. The summed E-state index contributed by atoms with van der Waals surface area (Å²) in [6.07, 6.45) is 2.91. The van der Waals surface area contributed by atoms with Gasteiger partial charge >= 0.3 is 0 Å². The molecule has 23 heavy (non-hydrogen) atoms. The summed E-state index contributed by atoms with van der Waals surface area (Å²) in [5.74, 6) is 0.720. The van der Waals surface area contributed by atoms with Crippen LogP contribution in [-0.2, 0) is 11.3 Å². The van der Waals surface area contributed by atoms with Crippen LogP contribution in [0.25, 0.3) is 0 Å². The normalized spacial score (nSPS) is 21.2. The van der Waals surface area contributed by atoms with Crippen molar-refractivity contribution in [3.63, 3.8) is 0 Å². The smallest absolute Gasteiger partial charge is 0.249 e. The number of aliphatic hydroxyl groups excluding tert-OH is 1. The summed E-state index contributed by atoms with van der Waals surface area (Å²) in [5.41, 5.74) is 0. The van der Waals surface area contributed by atoms with E-state index in [9.17, 15) is 9.90 Å². The summed E-state index contributed by atoms with van der Waals surface area (Å²) in [4.78, 5) is 20.7. The third-order valence-corrected chi connectivity index (χ3v) is 5.40. The SMILES string of the molecule is CN(C)c1nc(CN2CCC([C@H](O)C(=O)NC3CC3)CC2)ns1. The van der Waals surface area contributed by atoms with Crippen molar-refractivity contribution in [2.75, 3.05) is 32.1 Å². The molecule has 7 nitrogen and oxygen atoms in total. The monoisotopic (exact) mass is 339 g/mol. The number of aromatic nitrogens is 2. The first-order chi connectivity index (χ1) is 11.0. The number of hydrogen-bond donors (Lipinski definition) is 2. The molecular formula is C15H25N5O2S. The molecule has 0 radical (unpaired) electrons. The zero-order chi connectivity index (χ0) is 16.4. The Balaban J connectivity index is 1.44. The molecule has 1 amide bonds. The second-order valence-corrected chi connectivity index (χ2v) is 7.46. The predicted molar refractivity (Wildman–Crippen MR) is 89.4 cm³/mol. The van der Waals surface area contributed by atoms with Gasteiger partial charge in [-0.05, 0) is 44.7 Å². The Bertz CT molecular complexity index is 538. The van der Waals surface area contributed by atoms with Gasteiger partial charge in [0.05, 0.1) is 6.54 Å². The number of anilines is 1. The van der Waals surface area contributed by atoms with E-state index in [1.807, 2.05) is 19.0 Å². The summed E-state index contributed by atoms with van der Waals surface area (Å²) >= 11 is 1.41. The number of amides is 1. The molecule has 128 valence electrons. The van der Waals surface area contributed by atoms with Gasteiger partial charge in [0.25, 0.3) is 0 Å². The number of rotatable bonds is 6. The minimum absolute atomic E-state index is 0.0609. The zero-order valence-electron chi connectivity index (χ0n) is 13.7. The summed E-state index contributed by atoms with van der Waals surface area (Å²) in [5, 5.41) is 14.0. The van der Waals surface area contributed by atoms with E-state index in [0.717, 1.165) is 56.3 Å². The van der Waals surface area contributed by atoms with Gasteiger partial charge < -0.3 is 15.3 Å². The second-order valence-electron chi connectivity index (χ2n) is 6.73. The Morgan fingerprint density at radius 3 is 2.65 bits per heavy atom. The number of aliphatic hydroxyl groups is 1. The molecule has 2 heterocycles. The molecule has 2 aliphatic rings. The first-order valence-electron chi connectivity index (χ1n) is 8.23. The molecule has 1 aliphatic heterocycles. The predicted octanol–water partition coefficient (Wildman–Crippen LogP) is 0.456. The summed E-state index contributed by atoms with van der Waals surface area (Å²) in [6.45, 7) is 2.48. The maximum Gasteiger partial charge on any atom is 0.249 e. The minimum atomic E-state index is -0.865. The van der Waals surface area contributed by atoms with Crippen molar-refractivity contribution >= 4 is 22.6 Å². The van der Waals surface area contributed by atoms with Crippen molar-refractivity contribution in [1.29, 1.82) is 0 Å². The van der Waals surface area contributed by atoms with Crippen LogP contribution in [0.1, 0.15) is 31.5 Å². The van der Waals surface area contributed by atoms with E-state index >= 15 is 0 Å². The Morgan fingerprint density at radius 1 is 1.39 bits per heavy atom. The highest BCUT2D eigenvalue weighted by atomic mass is 32.1. The van der Waals surface area contributed by atoms with Gasteiger partial charge in [-0.25, -0.2) is 4.98 Å². The van der Waals surface area contributed by atoms with Crippen LogP contribution in [0.3, 0.4) is 0 Å². The highest BCUT2D eigenvalue weighted by Crippen LogP contribution is 2.24. The minimum Gasteiger partial charge on any atom is -0.383 e. The van der Waals surface area contributed by atoms with E-state index in [0.29, 0.717) is 6.04 Å². The Morgan fingerprint density at radius 2 is 2.09 bits per heavy atom. The van der Waals surface area contributed by atoms with E-state index < -0.39 is 6.10 Å². The first-order valence-corrected chi connectivity index (χ1v) is 9.01. The molecule has 1 aromatic rings. The Hall–Kier alpha value is -1.25. The molecule has 0 spiro atoms. The summed E-state index contributed by atoms with van der Waals surface area (Å²) in [6, 6.07) is 0.305. The van der Waals surface area contributed by atoms with E-state index in [1.54, 1.807) is 0 Å². The fraction of sp³-hybridized carbons (Fsp3) is 0.800. The molecule has 8 heteroatoms. The van der Waals surface area contributed by atoms with Crippen molar-refractivity contribution < 1.29 is 9.90 Å². The largest absolute Gasteiger partial charge is 0.383 e. The third kappa shape index (κ3) is 4.39. The standard InChI is InChI=1S/C15H25N5O2S/c1-19(2)15-17-12(18-23-15)9-20-7-5-10(6-8-20)13(21)14(22)16-11-3-4-11/h10-11,13,21H,3-9H2,1-2H3,(H,16,22)/t13-/m0/s1. The number of carbonyl (C=O) groups excluding carboxylic acids is 1. The number of hydrogen-bond acceptors (Lipinski definition) is 7. The summed E-state index contributed by atoms with van der Waals surface area (Å²) in [7, 11) is 3.92. The van der Waals surface area contributed by atoms with Crippen molar-refractivity contribution in [1.82, 2.24) is 19.6 Å². The van der Waals surface area contributed by atoms with Gasteiger partial charge in [0.1, 0.15) is 6.10 Å². The highest BCUT2D eigenvalue weighted by Gasteiger charge is 2.33. The van der Waals surface area contributed by atoms with Gasteiger partial charge in [0.2, 0.25) is 11.0 Å². The highest BCUT2D eigenvalue weighted by molar-refractivity contribution is 7.09. The van der Waals surface area contributed by atoms with E-state index in [-0.39, 0.29) is 11.8 Å². The van der Waals surface area contributed by atoms with Crippen LogP contribution in [0.15, 0.2) is 0 Å². The fourth-order valence-electron chi connectivity index (χ4n) is 2.85. The number of likely N-dealkylation sites (tertiary alicyclic amines) is 1. The zero-order valence-corrected chi connectivity index (χ0v) is 14.6. The van der Waals surface area contributed by atoms with Crippen LogP contribution in [0, 0.1) is 5.92 Å². The lowest BCUT2D eigenvalue weighted by Gasteiger charge is -2.33. The lowest BCUT2D eigenvalue weighted by Crippen LogP contribution is -2.45. The van der Waals surface area contributed by atoms with Gasteiger partial charge in [0, 0.05) is 31.7 Å². The number of carbonyl (C=O) groups is 1. The van der Waals surface area contributed by atoms with Crippen LogP contribution in [0.2, 0.25) is 0 Å². The van der Waals surface area contributed by atoms with Crippen LogP contribution >= 0.6 is 11.5 Å². The third-order valence-electron chi connectivity index (χ3n) is 4.48. The molecule has 2 fully saturated rings. The lowest BCUT2D eigenvalue weighted by molar-refractivity contribution is -0.133. The molecule has 1 saturated carbocycles. The molecule has 1 saturated heterocycles. The van der Waals surface area contributed by atoms with E-state index in [4.69, 9.17) is 0 Å². The molecule has 0 aromatic carbocycles. The van der Waals surface area contributed by atoms with Crippen LogP contribution < -0.4 is 10.2 Å². The molecular weight excluding hydrogens is 314 g/mol. The van der Waals surface area contributed by atoms with Gasteiger partial charge in [-0.1, -0.05) is 0 Å². The van der Waals surface area contributed by atoms with Crippen molar-refractivity contribution in [2.45, 2.75) is 44.4 Å². The second kappa shape index (κ2) is 7.11. The van der Waals surface area contributed by atoms with Gasteiger partial charge in [-0.3, -0.25) is 9.69 Å². The van der Waals surface area contributed by atoms with Crippen LogP contribution in [0.5, 0.6) is 0 Å². The fourth-order valence-corrected chi connectivity index (χ4v) is 3.44. The van der Waals surface area contributed by atoms with Crippen molar-refractivity contribution in [3.8, 4) is 0 Å². The lowest BCUT2D eigenvalue weighted by atomic mass is 9.90. The van der Waals surface area contributed by atoms with Crippen molar-refractivity contribution in [3.05, 3.63) is 5.82 Å². The van der Waals surface area contributed by atoms with Gasteiger partial charge in [-0.2, -0.15) is 4.37 Å². The average molecular weight is 339 g/mol. The summed E-state index contributed by atoms with van der Waals surface area (Å²) < 4.78 is 4.39. The number of piperidine rings is 1. The van der Waals surface area contributed by atoms with Crippen LogP contribution in [0.4, 0.5) is 5.13 Å². The average Bonchev–Trinajstić information content (AvgIpc) is 3.22. The van der Waals surface area contributed by atoms with E-state index in [1.165, 1.54) is 11.5 Å². The molecule has 1 aliphatic carbocycles. The van der Waals surface area contributed by atoms with Crippen LogP contribution in [-0.4, -0.2) is 64.6 Å². The molecule has 0 unspecified atom stereocenters. The maximum atomic E-state index is 11.9. The molecule has 0 bridgehead atoms. The Labute approximate surface area is 140 Å². The number of nitrogens with zero attached hydrogens (tertiary/aromatic N) is 4. The van der Waals surface area contributed by atoms with Gasteiger partial charge in [0.15, 0.2) is 5.82 Å². The Kier molecular flexibility index (Phi) is 5.13. The van der Waals surface area contributed by atoms with Crippen molar-refractivity contribution in [2.24, 2.45) is 5.92 Å². The van der Waals surface area contributed by atoms with E-state index in [2.05, 4.69) is 19.6 Å². The molecule has 1 aromatic heterocycles. The topological polar surface area (TPSA) is 81.6 Å². The first kappa shape index (κ1) is 16.6. The maximum absolute atomic E-state index is 11.9. The molecule has 1 atom stereocenters.